The molecule has 0 unspecified atom stereocenters. The molecule has 0 aromatic rings. The molecule has 1 saturated carbocycles. The molecular weight excluding hydrogens is 157 g/mol. The Morgan fingerprint density at radius 3 is 2.08 bits per heavy atom. The van der Waals surface area contributed by atoms with Crippen LogP contribution in [0.25, 0.3) is 0 Å². The lowest BCUT2D eigenvalue weighted by molar-refractivity contribution is 0.217. The van der Waals surface area contributed by atoms with Gasteiger partial charge in [-0.1, -0.05) is 26.7 Å². The normalized spacial score (nSPS) is 29.5. The lowest BCUT2D eigenvalue weighted by Gasteiger charge is -2.33. The lowest BCUT2D eigenvalue weighted by atomic mass is 9.76. The third-order valence-electron chi connectivity index (χ3n) is 3.72. The summed E-state index contributed by atoms with van der Waals surface area (Å²) in [7, 11) is 5.44. The number of hydrogen-bond donors (Lipinski definition) is 1. The van der Waals surface area contributed by atoms with Crippen molar-refractivity contribution in [3.63, 3.8) is 0 Å². The fraction of sp³-hybridized carbons (Fsp3) is 1.00. The van der Waals surface area contributed by atoms with Crippen LogP contribution < -0.4 is 5.23 Å². The molecule has 0 spiro atoms. The van der Waals surface area contributed by atoms with Crippen molar-refractivity contribution in [2.75, 3.05) is 0 Å². The van der Waals surface area contributed by atoms with Crippen molar-refractivity contribution < 1.29 is 0 Å². The Bertz CT molecular complexity index is 126. The number of hydrogen-bond acceptors (Lipinski definition) is 1. The van der Waals surface area contributed by atoms with Crippen LogP contribution >= 0.6 is 0 Å². The minimum absolute atomic E-state index is 0.589. The Morgan fingerprint density at radius 2 is 1.69 bits per heavy atom. The molecule has 74 valence electrons. The van der Waals surface area contributed by atoms with Crippen molar-refractivity contribution >= 4 is 7.98 Å². The number of nitrogens with one attached hydrogen (secondary N) is 1. The van der Waals surface area contributed by atoms with E-state index < -0.39 is 0 Å². The summed E-state index contributed by atoms with van der Waals surface area (Å²) < 4.78 is 0. The van der Waals surface area contributed by atoms with Crippen LogP contribution in [0.3, 0.4) is 0 Å². The molecule has 2 heteroatoms. The van der Waals surface area contributed by atoms with E-state index in [9.17, 15) is 0 Å². The second-order valence-electron chi connectivity index (χ2n) is 4.35. The summed E-state index contributed by atoms with van der Waals surface area (Å²) in [5, 5.41) is 2.90. The molecule has 0 bridgehead atoms. The first-order valence-corrected chi connectivity index (χ1v) is 5.77. The van der Waals surface area contributed by atoms with Gasteiger partial charge >= 0.3 is 0 Å². The highest BCUT2D eigenvalue weighted by Gasteiger charge is 2.24. The van der Waals surface area contributed by atoms with E-state index in [-0.39, 0.29) is 0 Å². The second kappa shape index (κ2) is 5.69. The minimum atomic E-state index is 0.589. The summed E-state index contributed by atoms with van der Waals surface area (Å²) >= 11 is 0. The summed E-state index contributed by atoms with van der Waals surface area (Å²) in [6.07, 6.45) is 8.00. The van der Waals surface area contributed by atoms with E-state index in [1.54, 1.807) is 0 Å². The van der Waals surface area contributed by atoms with Crippen molar-refractivity contribution in [2.45, 2.75) is 58.4 Å². The molecule has 0 atom stereocenters. The molecule has 1 fully saturated rings. The van der Waals surface area contributed by atoms with Crippen molar-refractivity contribution in [1.82, 2.24) is 5.23 Å². The maximum absolute atomic E-state index is 5.44. The van der Waals surface area contributed by atoms with Gasteiger partial charge in [0.25, 0.3) is 0 Å². The van der Waals surface area contributed by atoms with Gasteiger partial charge in [-0.2, -0.15) is 0 Å². The van der Waals surface area contributed by atoms with E-state index in [2.05, 4.69) is 19.1 Å². The van der Waals surface area contributed by atoms with Crippen LogP contribution in [0.4, 0.5) is 0 Å². The smallest absolute Gasteiger partial charge is 0.178 e. The Morgan fingerprint density at radius 1 is 1.15 bits per heavy atom. The van der Waals surface area contributed by atoms with E-state index >= 15 is 0 Å². The fourth-order valence-corrected chi connectivity index (χ4v) is 2.71. The predicted molar refractivity (Wildman–Crippen MR) is 58.7 cm³/mol. The van der Waals surface area contributed by atoms with Crippen LogP contribution in [-0.2, 0) is 0 Å². The van der Waals surface area contributed by atoms with Crippen molar-refractivity contribution in [1.29, 1.82) is 0 Å². The largest absolute Gasteiger partial charge is 0.364 e. The molecule has 0 aromatic heterocycles. The molecule has 0 amide bonds. The second-order valence-corrected chi connectivity index (χ2v) is 4.35. The zero-order chi connectivity index (χ0) is 9.68. The zero-order valence-corrected chi connectivity index (χ0v) is 9.05. The first kappa shape index (κ1) is 11.1. The van der Waals surface area contributed by atoms with Crippen LogP contribution in [0.5, 0.6) is 0 Å². The molecule has 0 aliphatic heterocycles. The molecule has 1 nitrogen and oxygen atoms in total. The van der Waals surface area contributed by atoms with Crippen LogP contribution in [0.1, 0.15) is 52.4 Å². The summed E-state index contributed by atoms with van der Waals surface area (Å²) in [5.41, 5.74) is 0. The van der Waals surface area contributed by atoms with Gasteiger partial charge in [0.2, 0.25) is 0 Å². The first-order valence-electron chi connectivity index (χ1n) is 5.77. The summed E-state index contributed by atoms with van der Waals surface area (Å²) in [5.74, 6) is 1.93. The third-order valence-corrected chi connectivity index (χ3v) is 3.72. The van der Waals surface area contributed by atoms with Gasteiger partial charge in [-0.25, -0.2) is 0 Å². The molecule has 0 heterocycles. The van der Waals surface area contributed by atoms with E-state index in [1.165, 1.54) is 38.5 Å². The maximum Gasteiger partial charge on any atom is 0.178 e. The van der Waals surface area contributed by atoms with Gasteiger partial charge in [-0.05, 0) is 43.6 Å². The average molecular weight is 179 g/mol. The molecule has 0 saturated heterocycles. The maximum atomic E-state index is 5.44. The van der Waals surface area contributed by atoms with Gasteiger partial charge in [0.1, 0.15) is 0 Å². The zero-order valence-electron chi connectivity index (χ0n) is 9.05. The highest BCUT2D eigenvalue weighted by Crippen LogP contribution is 2.33. The molecule has 13 heavy (non-hydrogen) atoms. The third kappa shape index (κ3) is 3.01. The standard InChI is InChI=1S/C11H22BN/c1-3-9(4-2)10-5-7-11(13-12)8-6-10/h9-11,13H,3-8H2,1-2H3. The Balaban J connectivity index is 2.30. The SMILES string of the molecule is [B]NC1CCC(C(CC)CC)CC1. The summed E-state index contributed by atoms with van der Waals surface area (Å²) in [6, 6.07) is 0.589. The van der Waals surface area contributed by atoms with E-state index in [0.717, 1.165) is 11.8 Å². The Kier molecular flexibility index (Phi) is 4.86. The van der Waals surface area contributed by atoms with Crippen LogP contribution in [0.15, 0.2) is 0 Å². The average Bonchev–Trinajstić information content (AvgIpc) is 2.21. The van der Waals surface area contributed by atoms with Gasteiger partial charge < -0.3 is 5.23 Å². The van der Waals surface area contributed by atoms with E-state index in [0.29, 0.717) is 6.04 Å². The van der Waals surface area contributed by atoms with Gasteiger partial charge in [0.05, 0.1) is 0 Å². The molecule has 2 radical (unpaired) electrons. The summed E-state index contributed by atoms with van der Waals surface area (Å²) in [6.45, 7) is 4.64. The monoisotopic (exact) mass is 179 g/mol. The molecular formula is C11H22BN. The summed E-state index contributed by atoms with van der Waals surface area (Å²) in [4.78, 5) is 0. The highest BCUT2D eigenvalue weighted by molar-refractivity contribution is 6.04. The minimum Gasteiger partial charge on any atom is -0.364 e. The molecule has 1 rings (SSSR count). The van der Waals surface area contributed by atoms with Gasteiger partial charge in [0, 0.05) is 0 Å². The highest BCUT2D eigenvalue weighted by atomic mass is 14.8. The topological polar surface area (TPSA) is 12.0 Å². The quantitative estimate of drug-likeness (QED) is 0.654. The Labute approximate surface area is 84.1 Å². The molecule has 0 aromatic carbocycles. The van der Waals surface area contributed by atoms with Gasteiger partial charge in [0.15, 0.2) is 7.98 Å². The van der Waals surface area contributed by atoms with Crippen molar-refractivity contribution in [2.24, 2.45) is 11.8 Å². The molecule has 1 aliphatic rings. The first-order chi connectivity index (χ1) is 6.31. The van der Waals surface area contributed by atoms with Crippen LogP contribution in [-0.4, -0.2) is 14.0 Å². The number of rotatable bonds is 4. The van der Waals surface area contributed by atoms with E-state index in [1.807, 2.05) is 0 Å². The molecule has 1 aliphatic carbocycles. The Hall–Kier alpha value is 0.0249. The van der Waals surface area contributed by atoms with Crippen molar-refractivity contribution in [3.05, 3.63) is 0 Å². The predicted octanol–water partition coefficient (Wildman–Crippen LogP) is 2.65. The van der Waals surface area contributed by atoms with Crippen LogP contribution in [0.2, 0.25) is 0 Å². The van der Waals surface area contributed by atoms with Crippen LogP contribution in [0, 0.1) is 11.8 Å². The van der Waals surface area contributed by atoms with Crippen molar-refractivity contribution in [3.8, 4) is 0 Å². The van der Waals surface area contributed by atoms with Gasteiger partial charge in [-0.15, -0.1) is 0 Å². The van der Waals surface area contributed by atoms with Gasteiger partial charge in [-0.3, -0.25) is 0 Å². The molecule has 1 N–H and O–H groups in total. The van der Waals surface area contributed by atoms with E-state index in [4.69, 9.17) is 7.98 Å². The lowest BCUT2D eigenvalue weighted by Crippen LogP contribution is -2.33. The fourth-order valence-electron chi connectivity index (χ4n) is 2.71.